The van der Waals surface area contributed by atoms with Crippen LogP contribution in [0.5, 0.6) is 0 Å². The van der Waals surface area contributed by atoms with E-state index in [2.05, 4.69) is 64.3 Å². The fraction of sp³-hybridized carbons (Fsp3) is 0.529. The van der Waals surface area contributed by atoms with Gasteiger partial charge in [0.1, 0.15) is 0 Å². The Bertz CT molecular complexity index is 594. The van der Waals surface area contributed by atoms with Crippen molar-refractivity contribution in [2.75, 3.05) is 19.6 Å². The Morgan fingerprint density at radius 1 is 1.25 bits per heavy atom. The van der Waals surface area contributed by atoms with E-state index < -0.39 is 0 Å². The van der Waals surface area contributed by atoms with Crippen LogP contribution in [-0.2, 0) is 12.8 Å². The standard InChI is InChI=1S/C17H26N4S2.HI/c1-4-18-17(20-10-8-15-6-5-11-22-15)19-9-7-14-12-23-16(21-14)13(2)3;/h5-6,11-13H,4,7-10H2,1-3H3,(H2,18,19,20);1H. The number of thiazole rings is 1. The first kappa shape index (κ1) is 21.4. The molecular weight excluding hydrogens is 451 g/mol. The Morgan fingerprint density at radius 2 is 2.08 bits per heavy atom. The summed E-state index contributed by atoms with van der Waals surface area (Å²) in [6.45, 7) is 9.00. The van der Waals surface area contributed by atoms with Crippen LogP contribution in [0.25, 0.3) is 0 Å². The van der Waals surface area contributed by atoms with E-state index in [-0.39, 0.29) is 24.0 Å². The van der Waals surface area contributed by atoms with Crippen molar-refractivity contribution in [3.63, 3.8) is 0 Å². The second kappa shape index (κ2) is 11.8. The van der Waals surface area contributed by atoms with E-state index in [1.807, 2.05) is 0 Å². The van der Waals surface area contributed by atoms with Gasteiger partial charge in [0.05, 0.1) is 10.7 Å². The molecule has 0 spiro atoms. The lowest BCUT2D eigenvalue weighted by atomic mass is 10.2. The lowest BCUT2D eigenvalue weighted by Crippen LogP contribution is -2.38. The van der Waals surface area contributed by atoms with Gasteiger partial charge in [0, 0.05) is 48.7 Å². The molecule has 134 valence electrons. The van der Waals surface area contributed by atoms with Gasteiger partial charge < -0.3 is 10.6 Å². The molecule has 0 saturated carbocycles. The maximum Gasteiger partial charge on any atom is 0.191 e. The number of nitrogens with one attached hydrogen (secondary N) is 2. The number of aromatic nitrogens is 1. The first-order chi connectivity index (χ1) is 11.2. The summed E-state index contributed by atoms with van der Waals surface area (Å²) in [7, 11) is 0. The molecule has 0 amide bonds. The zero-order valence-electron chi connectivity index (χ0n) is 14.5. The minimum Gasteiger partial charge on any atom is -0.357 e. The fourth-order valence-electron chi connectivity index (χ4n) is 2.09. The van der Waals surface area contributed by atoms with Crippen LogP contribution in [0.3, 0.4) is 0 Å². The highest BCUT2D eigenvalue weighted by Crippen LogP contribution is 2.19. The molecule has 2 aromatic rings. The Kier molecular flexibility index (Phi) is 10.5. The summed E-state index contributed by atoms with van der Waals surface area (Å²) in [5.41, 5.74) is 1.17. The van der Waals surface area contributed by atoms with Gasteiger partial charge in [0.2, 0.25) is 0 Å². The first-order valence-electron chi connectivity index (χ1n) is 8.18. The molecule has 2 aromatic heterocycles. The van der Waals surface area contributed by atoms with Crippen molar-refractivity contribution >= 4 is 52.6 Å². The summed E-state index contributed by atoms with van der Waals surface area (Å²) in [6.07, 6.45) is 1.93. The van der Waals surface area contributed by atoms with Crippen LogP contribution in [0.2, 0.25) is 0 Å². The van der Waals surface area contributed by atoms with E-state index in [1.165, 1.54) is 15.6 Å². The van der Waals surface area contributed by atoms with Gasteiger partial charge in [-0.1, -0.05) is 19.9 Å². The monoisotopic (exact) mass is 478 g/mol. The predicted molar refractivity (Wildman–Crippen MR) is 117 cm³/mol. The first-order valence-corrected chi connectivity index (χ1v) is 9.93. The molecule has 0 saturated heterocycles. The van der Waals surface area contributed by atoms with E-state index >= 15 is 0 Å². The van der Waals surface area contributed by atoms with Crippen molar-refractivity contribution in [2.24, 2.45) is 4.99 Å². The molecule has 0 atom stereocenters. The Balaban J connectivity index is 0.00000288. The lowest BCUT2D eigenvalue weighted by molar-refractivity contribution is 0.779. The molecule has 2 rings (SSSR count). The second-order valence-corrected chi connectivity index (χ2v) is 7.52. The maximum atomic E-state index is 4.67. The average molecular weight is 478 g/mol. The van der Waals surface area contributed by atoms with Crippen molar-refractivity contribution in [3.05, 3.63) is 38.5 Å². The minimum absolute atomic E-state index is 0. The highest BCUT2D eigenvalue weighted by molar-refractivity contribution is 14.0. The largest absolute Gasteiger partial charge is 0.357 e. The molecular formula is C17H27IN4S2. The van der Waals surface area contributed by atoms with Crippen LogP contribution >= 0.6 is 46.7 Å². The van der Waals surface area contributed by atoms with Crippen molar-refractivity contribution < 1.29 is 0 Å². The Hall–Kier alpha value is -0.670. The summed E-state index contributed by atoms with van der Waals surface area (Å²) in [5, 5.41) is 12.2. The third-order valence-electron chi connectivity index (χ3n) is 3.29. The molecule has 0 aromatic carbocycles. The number of rotatable bonds is 8. The quantitative estimate of drug-likeness (QED) is 0.338. The molecule has 0 radical (unpaired) electrons. The van der Waals surface area contributed by atoms with Gasteiger partial charge in [0.15, 0.2) is 5.96 Å². The number of halogens is 1. The number of aliphatic imine (C=N–C) groups is 1. The fourth-order valence-corrected chi connectivity index (χ4v) is 3.65. The molecule has 2 N–H and O–H groups in total. The smallest absolute Gasteiger partial charge is 0.191 e. The SMILES string of the molecule is CCNC(=NCCc1cccs1)NCCc1csc(C(C)C)n1.I. The third-order valence-corrected chi connectivity index (χ3v) is 5.42. The molecule has 4 nitrogen and oxygen atoms in total. The highest BCUT2D eigenvalue weighted by atomic mass is 127. The topological polar surface area (TPSA) is 49.3 Å². The number of thiophene rings is 1. The number of nitrogens with zero attached hydrogens (tertiary/aromatic N) is 2. The van der Waals surface area contributed by atoms with Crippen molar-refractivity contribution in [2.45, 2.75) is 39.5 Å². The van der Waals surface area contributed by atoms with Crippen molar-refractivity contribution in [3.8, 4) is 0 Å². The number of guanidine groups is 1. The van der Waals surface area contributed by atoms with Gasteiger partial charge in [-0.2, -0.15) is 0 Å². The Morgan fingerprint density at radius 3 is 2.71 bits per heavy atom. The molecule has 0 unspecified atom stereocenters. The number of hydrogen-bond acceptors (Lipinski definition) is 4. The van der Waals surface area contributed by atoms with E-state index in [4.69, 9.17) is 0 Å². The van der Waals surface area contributed by atoms with Crippen LogP contribution in [0, 0.1) is 0 Å². The van der Waals surface area contributed by atoms with Crippen LogP contribution in [-0.4, -0.2) is 30.6 Å². The summed E-state index contributed by atoms with van der Waals surface area (Å²) < 4.78 is 0. The molecule has 0 aliphatic carbocycles. The molecule has 2 heterocycles. The Labute approximate surface area is 170 Å². The molecule has 0 aliphatic rings. The van der Waals surface area contributed by atoms with E-state index in [9.17, 15) is 0 Å². The molecule has 0 aliphatic heterocycles. The van der Waals surface area contributed by atoms with Gasteiger partial charge in [0.25, 0.3) is 0 Å². The van der Waals surface area contributed by atoms with Gasteiger partial charge in [-0.3, -0.25) is 4.99 Å². The van der Waals surface area contributed by atoms with E-state index in [0.29, 0.717) is 5.92 Å². The van der Waals surface area contributed by atoms with Crippen LogP contribution in [0.15, 0.2) is 27.9 Å². The van der Waals surface area contributed by atoms with Gasteiger partial charge in [-0.25, -0.2) is 4.98 Å². The van der Waals surface area contributed by atoms with Crippen LogP contribution in [0.1, 0.15) is 42.3 Å². The zero-order valence-corrected chi connectivity index (χ0v) is 18.5. The van der Waals surface area contributed by atoms with Gasteiger partial charge >= 0.3 is 0 Å². The number of hydrogen-bond donors (Lipinski definition) is 2. The summed E-state index contributed by atoms with van der Waals surface area (Å²) >= 11 is 3.55. The van der Waals surface area contributed by atoms with Crippen LogP contribution < -0.4 is 10.6 Å². The minimum atomic E-state index is 0. The van der Waals surface area contributed by atoms with Crippen molar-refractivity contribution in [1.82, 2.24) is 15.6 Å². The third kappa shape index (κ3) is 7.48. The normalized spacial score (nSPS) is 11.4. The zero-order chi connectivity index (χ0) is 16.5. The lowest BCUT2D eigenvalue weighted by Gasteiger charge is -2.10. The molecule has 0 bridgehead atoms. The predicted octanol–water partition coefficient (Wildman–Crippen LogP) is 4.29. The van der Waals surface area contributed by atoms with Gasteiger partial charge in [-0.05, 0) is 18.4 Å². The average Bonchev–Trinajstić information content (AvgIpc) is 3.18. The summed E-state index contributed by atoms with van der Waals surface area (Å²) in [4.78, 5) is 10.7. The molecule has 7 heteroatoms. The molecule has 0 fully saturated rings. The van der Waals surface area contributed by atoms with Gasteiger partial charge in [-0.15, -0.1) is 46.7 Å². The van der Waals surface area contributed by atoms with Crippen molar-refractivity contribution in [1.29, 1.82) is 0 Å². The van der Waals surface area contributed by atoms with Crippen LogP contribution in [0.4, 0.5) is 0 Å². The maximum absolute atomic E-state index is 4.67. The summed E-state index contributed by atoms with van der Waals surface area (Å²) in [5.74, 6) is 1.40. The highest BCUT2D eigenvalue weighted by Gasteiger charge is 2.06. The molecule has 24 heavy (non-hydrogen) atoms. The summed E-state index contributed by atoms with van der Waals surface area (Å²) in [6, 6.07) is 4.25. The second-order valence-electron chi connectivity index (χ2n) is 5.60. The van der Waals surface area contributed by atoms with E-state index in [1.54, 1.807) is 22.7 Å². The van der Waals surface area contributed by atoms with E-state index in [0.717, 1.165) is 38.4 Å².